The van der Waals surface area contributed by atoms with E-state index in [0.717, 1.165) is 43.2 Å². The van der Waals surface area contributed by atoms with Crippen molar-refractivity contribution in [2.24, 2.45) is 0 Å². The van der Waals surface area contributed by atoms with E-state index in [0.29, 0.717) is 6.04 Å². The third-order valence-electron chi connectivity index (χ3n) is 6.34. The van der Waals surface area contributed by atoms with Gasteiger partial charge in [0, 0.05) is 30.2 Å². The zero-order chi connectivity index (χ0) is 22.2. The summed E-state index contributed by atoms with van der Waals surface area (Å²) >= 11 is 3.54. The molecule has 0 saturated carbocycles. The molecule has 4 heteroatoms. The number of halogens is 1. The number of aliphatic hydroxyl groups is 1. The second-order valence-corrected chi connectivity index (χ2v) is 9.42. The molecule has 32 heavy (non-hydrogen) atoms. The first-order valence-corrected chi connectivity index (χ1v) is 12.4. The summed E-state index contributed by atoms with van der Waals surface area (Å²) in [5.41, 5.74) is 3.74. The molecule has 168 valence electrons. The van der Waals surface area contributed by atoms with E-state index in [1.165, 1.54) is 16.7 Å². The summed E-state index contributed by atoms with van der Waals surface area (Å²) in [6, 6.07) is 30.1. The van der Waals surface area contributed by atoms with Gasteiger partial charge in [-0.3, -0.25) is 4.90 Å². The number of aliphatic hydroxyl groups excluding tert-OH is 1. The van der Waals surface area contributed by atoms with Gasteiger partial charge in [0.25, 0.3) is 0 Å². The summed E-state index contributed by atoms with van der Waals surface area (Å²) in [7, 11) is 0. The second-order valence-electron chi connectivity index (χ2n) is 8.51. The van der Waals surface area contributed by atoms with Gasteiger partial charge in [-0.2, -0.15) is 0 Å². The quantitative estimate of drug-likeness (QED) is 0.367. The van der Waals surface area contributed by atoms with Crippen molar-refractivity contribution in [1.29, 1.82) is 0 Å². The summed E-state index contributed by atoms with van der Waals surface area (Å²) in [6.07, 6.45) is 4.03. The topological polar surface area (TPSA) is 32.7 Å². The van der Waals surface area contributed by atoms with Crippen molar-refractivity contribution < 1.29 is 9.84 Å². The van der Waals surface area contributed by atoms with Crippen LogP contribution in [0, 0.1) is 0 Å². The van der Waals surface area contributed by atoms with Crippen molar-refractivity contribution in [3.63, 3.8) is 0 Å². The molecule has 0 amide bonds. The predicted octanol–water partition coefficient (Wildman–Crippen LogP) is 6.53. The van der Waals surface area contributed by atoms with E-state index in [9.17, 15) is 5.11 Å². The van der Waals surface area contributed by atoms with E-state index >= 15 is 0 Å². The molecule has 0 radical (unpaired) electrons. The SMILES string of the molecule is OCCCC(c1ccc(Br)cc1)N1CCC(OC(c2ccccc2)c2ccccc2)CC1. The maximum atomic E-state index is 9.42. The molecule has 1 aliphatic rings. The van der Waals surface area contributed by atoms with Crippen LogP contribution in [-0.2, 0) is 4.74 Å². The highest BCUT2D eigenvalue weighted by Crippen LogP contribution is 2.33. The fourth-order valence-electron chi connectivity index (χ4n) is 4.65. The average Bonchev–Trinajstić information content (AvgIpc) is 2.85. The number of rotatable bonds is 9. The molecule has 1 N–H and O–H groups in total. The van der Waals surface area contributed by atoms with Crippen molar-refractivity contribution in [2.45, 2.75) is 43.9 Å². The van der Waals surface area contributed by atoms with Gasteiger partial charge in [-0.15, -0.1) is 0 Å². The Hall–Kier alpha value is -1.98. The molecule has 4 rings (SSSR count). The van der Waals surface area contributed by atoms with Crippen molar-refractivity contribution in [3.05, 3.63) is 106 Å². The Morgan fingerprint density at radius 1 is 0.812 bits per heavy atom. The van der Waals surface area contributed by atoms with E-state index in [1.54, 1.807) is 0 Å². The van der Waals surface area contributed by atoms with Crippen molar-refractivity contribution in [3.8, 4) is 0 Å². The second kappa shape index (κ2) is 11.8. The summed E-state index contributed by atoms with van der Waals surface area (Å²) in [5.74, 6) is 0. The fourth-order valence-corrected chi connectivity index (χ4v) is 4.92. The van der Waals surface area contributed by atoms with Gasteiger partial charge in [0.05, 0.1) is 6.10 Å². The van der Waals surface area contributed by atoms with E-state index in [-0.39, 0.29) is 18.8 Å². The van der Waals surface area contributed by atoms with Crippen LogP contribution in [-0.4, -0.2) is 35.8 Å². The zero-order valence-corrected chi connectivity index (χ0v) is 20.0. The highest BCUT2D eigenvalue weighted by molar-refractivity contribution is 9.10. The molecule has 0 spiro atoms. The van der Waals surface area contributed by atoms with Crippen molar-refractivity contribution >= 4 is 15.9 Å². The van der Waals surface area contributed by atoms with Gasteiger partial charge in [0.1, 0.15) is 6.10 Å². The fraction of sp³-hybridized carbons (Fsp3) is 0.357. The molecule has 3 nitrogen and oxygen atoms in total. The van der Waals surface area contributed by atoms with Gasteiger partial charge in [0.15, 0.2) is 0 Å². The molecule has 0 aliphatic carbocycles. The van der Waals surface area contributed by atoms with Crippen LogP contribution in [0.2, 0.25) is 0 Å². The molecule has 1 saturated heterocycles. The van der Waals surface area contributed by atoms with Gasteiger partial charge in [0.2, 0.25) is 0 Å². The molecule has 1 unspecified atom stereocenters. The number of piperidine rings is 1. The Bertz CT molecular complexity index is 885. The molecule has 1 atom stereocenters. The van der Waals surface area contributed by atoms with E-state index in [4.69, 9.17) is 4.74 Å². The minimum atomic E-state index is -0.0365. The van der Waals surface area contributed by atoms with E-state index in [2.05, 4.69) is 106 Å². The first-order valence-electron chi connectivity index (χ1n) is 11.6. The molecule has 1 aliphatic heterocycles. The minimum absolute atomic E-state index is 0.0365. The van der Waals surface area contributed by atoms with Crippen LogP contribution in [0.4, 0.5) is 0 Å². The Labute approximate surface area is 200 Å². The Morgan fingerprint density at radius 3 is 1.91 bits per heavy atom. The lowest BCUT2D eigenvalue weighted by molar-refractivity contribution is -0.0346. The highest BCUT2D eigenvalue weighted by Gasteiger charge is 2.28. The summed E-state index contributed by atoms with van der Waals surface area (Å²) in [5, 5.41) is 9.42. The van der Waals surface area contributed by atoms with Crippen LogP contribution in [0.5, 0.6) is 0 Å². The van der Waals surface area contributed by atoms with Gasteiger partial charge in [-0.05, 0) is 54.5 Å². The monoisotopic (exact) mass is 493 g/mol. The highest BCUT2D eigenvalue weighted by atomic mass is 79.9. The molecular formula is C28H32BrNO2. The number of likely N-dealkylation sites (tertiary alicyclic amines) is 1. The first-order chi connectivity index (χ1) is 15.7. The van der Waals surface area contributed by atoms with Gasteiger partial charge >= 0.3 is 0 Å². The molecular weight excluding hydrogens is 462 g/mol. The third-order valence-corrected chi connectivity index (χ3v) is 6.87. The normalized spacial score (nSPS) is 16.3. The lowest BCUT2D eigenvalue weighted by Crippen LogP contribution is -2.40. The van der Waals surface area contributed by atoms with Crippen LogP contribution in [0.1, 0.15) is 54.5 Å². The molecule has 1 fully saturated rings. The Balaban J connectivity index is 1.43. The zero-order valence-electron chi connectivity index (χ0n) is 18.4. The van der Waals surface area contributed by atoms with Gasteiger partial charge in [-0.1, -0.05) is 88.7 Å². The van der Waals surface area contributed by atoms with Crippen LogP contribution >= 0.6 is 15.9 Å². The standard InChI is InChI=1S/C28H32BrNO2/c29-25-15-13-22(14-16-25)27(12-7-21-31)30-19-17-26(18-20-30)32-28(23-8-3-1-4-9-23)24-10-5-2-6-11-24/h1-6,8-11,13-16,26-28,31H,7,12,17-21H2. The first kappa shape index (κ1) is 23.2. The lowest BCUT2D eigenvalue weighted by Gasteiger charge is -2.39. The Morgan fingerprint density at radius 2 is 1.38 bits per heavy atom. The van der Waals surface area contributed by atoms with Gasteiger partial charge in [-0.25, -0.2) is 0 Å². The summed E-state index contributed by atoms with van der Waals surface area (Å²) in [6.45, 7) is 2.25. The summed E-state index contributed by atoms with van der Waals surface area (Å²) in [4.78, 5) is 2.57. The number of nitrogens with zero attached hydrogens (tertiary/aromatic N) is 1. The summed E-state index contributed by atoms with van der Waals surface area (Å²) < 4.78 is 7.82. The van der Waals surface area contributed by atoms with Gasteiger partial charge < -0.3 is 9.84 Å². The molecule has 0 aromatic heterocycles. The van der Waals surface area contributed by atoms with Crippen molar-refractivity contribution in [2.75, 3.05) is 19.7 Å². The maximum absolute atomic E-state index is 9.42. The minimum Gasteiger partial charge on any atom is -0.396 e. The smallest absolute Gasteiger partial charge is 0.108 e. The van der Waals surface area contributed by atoms with Crippen LogP contribution in [0.3, 0.4) is 0 Å². The molecule has 3 aromatic carbocycles. The predicted molar refractivity (Wildman–Crippen MR) is 134 cm³/mol. The maximum Gasteiger partial charge on any atom is 0.108 e. The number of hydrogen-bond acceptors (Lipinski definition) is 3. The van der Waals surface area contributed by atoms with Crippen LogP contribution < -0.4 is 0 Å². The molecule has 1 heterocycles. The largest absolute Gasteiger partial charge is 0.396 e. The van der Waals surface area contributed by atoms with Crippen molar-refractivity contribution in [1.82, 2.24) is 4.90 Å². The molecule has 3 aromatic rings. The third kappa shape index (κ3) is 6.08. The number of benzene rings is 3. The molecule has 0 bridgehead atoms. The average molecular weight is 494 g/mol. The lowest BCUT2D eigenvalue weighted by atomic mass is 9.96. The van der Waals surface area contributed by atoms with Crippen LogP contribution in [0.15, 0.2) is 89.4 Å². The number of ether oxygens (including phenoxy) is 1. The Kier molecular flexibility index (Phi) is 8.52. The van der Waals surface area contributed by atoms with E-state index < -0.39 is 0 Å². The van der Waals surface area contributed by atoms with Crippen LogP contribution in [0.25, 0.3) is 0 Å². The number of hydrogen-bond donors (Lipinski definition) is 1. The van der Waals surface area contributed by atoms with E-state index in [1.807, 2.05) is 0 Å².